The summed E-state index contributed by atoms with van der Waals surface area (Å²) in [5.74, 6) is 6.43. The summed E-state index contributed by atoms with van der Waals surface area (Å²) in [5.41, 5.74) is 7.91. The van der Waals surface area contributed by atoms with Crippen LogP contribution in [0.3, 0.4) is 0 Å². The van der Waals surface area contributed by atoms with Crippen LogP contribution < -0.4 is 5.73 Å². The fraction of sp³-hybridized carbons (Fsp3) is 0. The monoisotopic (exact) mass is 303 g/mol. The van der Waals surface area contributed by atoms with E-state index in [9.17, 15) is 0 Å². The Kier molecular flexibility index (Phi) is 3.66. The van der Waals surface area contributed by atoms with Gasteiger partial charge in [0.25, 0.3) is 0 Å². The second-order valence-corrected chi connectivity index (χ2v) is 5.13. The molecule has 2 aromatic carbocycles. The molecule has 104 valence electrons. The molecule has 3 aromatic rings. The van der Waals surface area contributed by atoms with Crippen molar-refractivity contribution in [3.05, 3.63) is 70.4 Å². The maximum absolute atomic E-state index is 8.92. The van der Waals surface area contributed by atoms with Crippen LogP contribution in [0, 0.1) is 23.2 Å². The number of benzene rings is 2. The Morgan fingerprint density at radius 1 is 1.05 bits per heavy atom. The summed E-state index contributed by atoms with van der Waals surface area (Å²) in [5, 5.41) is 11.3. The molecule has 0 amide bonds. The average Bonchev–Trinajstić information content (AvgIpc) is 2.54. The first-order valence-corrected chi connectivity index (χ1v) is 6.91. The molecule has 0 saturated heterocycles. The van der Waals surface area contributed by atoms with Gasteiger partial charge < -0.3 is 5.73 Å². The molecule has 0 fully saturated rings. The summed E-state index contributed by atoms with van der Waals surface area (Å²) in [7, 11) is 0. The number of nitrogens with zero attached hydrogens (tertiary/aromatic N) is 2. The number of anilines is 1. The van der Waals surface area contributed by atoms with Crippen LogP contribution in [0.25, 0.3) is 10.8 Å². The van der Waals surface area contributed by atoms with Gasteiger partial charge in [0, 0.05) is 27.6 Å². The fourth-order valence-corrected chi connectivity index (χ4v) is 2.30. The van der Waals surface area contributed by atoms with Gasteiger partial charge in [-0.3, -0.25) is 0 Å². The first kappa shape index (κ1) is 13.9. The molecule has 0 bridgehead atoms. The number of nitrogen functional groups attached to an aromatic ring is 1. The predicted octanol–water partition coefficient (Wildman–Crippen LogP) is 3.74. The van der Waals surface area contributed by atoms with E-state index in [1.807, 2.05) is 18.2 Å². The number of nitriles is 1. The topological polar surface area (TPSA) is 62.7 Å². The fourth-order valence-electron chi connectivity index (χ4n) is 2.13. The number of rotatable bonds is 0. The summed E-state index contributed by atoms with van der Waals surface area (Å²) in [6, 6.07) is 14.7. The Morgan fingerprint density at radius 2 is 1.86 bits per heavy atom. The van der Waals surface area contributed by atoms with Gasteiger partial charge in [0.15, 0.2) is 0 Å². The van der Waals surface area contributed by atoms with E-state index in [-0.39, 0.29) is 0 Å². The minimum atomic E-state index is 0.360. The predicted molar refractivity (Wildman–Crippen MR) is 88.3 cm³/mol. The molecule has 0 atom stereocenters. The molecule has 0 aliphatic carbocycles. The third-order valence-electron chi connectivity index (χ3n) is 3.21. The zero-order chi connectivity index (χ0) is 15.5. The number of hydrogen-bond donors (Lipinski definition) is 1. The standard InChI is InChI=1S/C18H10ClN3/c19-15-6-5-14-11-22-18(21)16(17(14)9-15)7-4-12-2-1-3-13(8-12)10-20/h1-3,5-6,8-9,11H,(H2,21,22). The van der Waals surface area contributed by atoms with E-state index in [0.29, 0.717) is 22.0 Å². The van der Waals surface area contributed by atoms with E-state index in [4.69, 9.17) is 22.6 Å². The molecule has 22 heavy (non-hydrogen) atoms. The molecule has 0 radical (unpaired) electrons. The number of fused-ring (bicyclic) bond motifs is 1. The molecule has 0 spiro atoms. The van der Waals surface area contributed by atoms with Gasteiger partial charge in [0.05, 0.1) is 17.2 Å². The van der Waals surface area contributed by atoms with Crippen LogP contribution in [0.4, 0.5) is 5.82 Å². The number of hydrogen-bond acceptors (Lipinski definition) is 3. The van der Waals surface area contributed by atoms with Crippen molar-refractivity contribution in [3.63, 3.8) is 0 Å². The van der Waals surface area contributed by atoms with Gasteiger partial charge in [0.2, 0.25) is 0 Å². The van der Waals surface area contributed by atoms with Crippen molar-refractivity contribution in [3.8, 4) is 17.9 Å². The van der Waals surface area contributed by atoms with Crippen molar-refractivity contribution in [2.24, 2.45) is 0 Å². The molecular weight excluding hydrogens is 294 g/mol. The molecule has 1 aromatic heterocycles. The van der Waals surface area contributed by atoms with Gasteiger partial charge in [-0.2, -0.15) is 5.26 Å². The minimum Gasteiger partial charge on any atom is -0.383 e. The van der Waals surface area contributed by atoms with Crippen LogP contribution in [0.5, 0.6) is 0 Å². The maximum Gasteiger partial charge on any atom is 0.139 e. The summed E-state index contributed by atoms with van der Waals surface area (Å²) in [6.07, 6.45) is 1.70. The van der Waals surface area contributed by atoms with E-state index in [1.54, 1.807) is 30.5 Å². The third-order valence-corrected chi connectivity index (χ3v) is 3.44. The zero-order valence-corrected chi connectivity index (χ0v) is 12.2. The molecule has 1 heterocycles. The lowest BCUT2D eigenvalue weighted by atomic mass is 10.1. The Morgan fingerprint density at radius 3 is 2.68 bits per heavy atom. The van der Waals surface area contributed by atoms with Gasteiger partial charge >= 0.3 is 0 Å². The SMILES string of the molecule is N#Cc1cccc(C#Cc2c(N)ncc3ccc(Cl)cc23)c1. The molecule has 3 nitrogen and oxygen atoms in total. The number of aromatic nitrogens is 1. The second kappa shape index (κ2) is 5.77. The highest BCUT2D eigenvalue weighted by Crippen LogP contribution is 2.24. The quantitative estimate of drug-likeness (QED) is 0.643. The molecule has 2 N–H and O–H groups in total. The molecule has 3 rings (SSSR count). The molecule has 4 heteroatoms. The Labute approximate surface area is 133 Å². The molecule has 0 saturated carbocycles. The first-order chi connectivity index (χ1) is 10.7. The Balaban J connectivity index is 2.15. The highest BCUT2D eigenvalue weighted by Gasteiger charge is 2.05. The zero-order valence-electron chi connectivity index (χ0n) is 11.5. The van der Waals surface area contributed by atoms with Gasteiger partial charge in [-0.25, -0.2) is 4.98 Å². The van der Waals surface area contributed by atoms with E-state index in [1.165, 1.54) is 0 Å². The van der Waals surface area contributed by atoms with Gasteiger partial charge in [0.1, 0.15) is 5.82 Å². The second-order valence-electron chi connectivity index (χ2n) is 4.69. The lowest BCUT2D eigenvalue weighted by molar-refractivity contribution is 1.36. The van der Waals surface area contributed by atoms with E-state index in [0.717, 1.165) is 16.3 Å². The van der Waals surface area contributed by atoms with Crippen molar-refractivity contribution in [2.75, 3.05) is 5.73 Å². The Hall–Kier alpha value is -3.01. The van der Waals surface area contributed by atoms with Crippen LogP contribution in [0.1, 0.15) is 16.7 Å². The van der Waals surface area contributed by atoms with Crippen LogP contribution in [-0.4, -0.2) is 4.98 Å². The van der Waals surface area contributed by atoms with Gasteiger partial charge in [-0.15, -0.1) is 0 Å². The first-order valence-electron chi connectivity index (χ1n) is 6.53. The number of pyridine rings is 1. The van der Waals surface area contributed by atoms with Crippen LogP contribution in [0.2, 0.25) is 5.02 Å². The summed E-state index contributed by atoms with van der Waals surface area (Å²) < 4.78 is 0. The largest absolute Gasteiger partial charge is 0.383 e. The minimum absolute atomic E-state index is 0.360. The van der Waals surface area contributed by atoms with Gasteiger partial charge in [-0.1, -0.05) is 35.6 Å². The molecular formula is C18H10ClN3. The summed E-state index contributed by atoms with van der Waals surface area (Å²) in [6.45, 7) is 0. The lowest BCUT2D eigenvalue weighted by Crippen LogP contribution is -1.95. The lowest BCUT2D eigenvalue weighted by Gasteiger charge is -2.04. The summed E-state index contributed by atoms with van der Waals surface area (Å²) >= 11 is 6.05. The van der Waals surface area contributed by atoms with E-state index in [2.05, 4.69) is 22.9 Å². The summed E-state index contributed by atoms with van der Waals surface area (Å²) in [4.78, 5) is 4.16. The molecule has 0 unspecified atom stereocenters. The van der Waals surface area contributed by atoms with Gasteiger partial charge in [-0.05, 0) is 30.3 Å². The van der Waals surface area contributed by atoms with Crippen molar-refractivity contribution in [1.29, 1.82) is 5.26 Å². The van der Waals surface area contributed by atoms with Crippen molar-refractivity contribution in [1.82, 2.24) is 4.98 Å². The highest BCUT2D eigenvalue weighted by molar-refractivity contribution is 6.31. The van der Waals surface area contributed by atoms with Crippen LogP contribution in [-0.2, 0) is 0 Å². The van der Waals surface area contributed by atoms with Crippen LogP contribution >= 0.6 is 11.6 Å². The van der Waals surface area contributed by atoms with Crippen molar-refractivity contribution < 1.29 is 0 Å². The maximum atomic E-state index is 8.92. The van der Waals surface area contributed by atoms with E-state index < -0.39 is 0 Å². The van der Waals surface area contributed by atoms with E-state index >= 15 is 0 Å². The van der Waals surface area contributed by atoms with Crippen molar-refractivity contribution >= 4 is 28.2 Å². The normalized spacial score (nSPS) is 9.82. The smallest absolute Gasteiger partial charge is 0.139 e. The molecule has 0 aliphatic heterocycles. The Bertz CT molecular complexity index is 970. The van der Waals surface area contributed by atoms with Crippen LogP contribution in [0.15, 0.2) is 48.7 Å². The highest BCUT2D eigenvalue weighted by atomic mass is 35.5. The number of halogens is 1. The van der Waals surface area contributed by atoms with Crippen molar-refractivity contribution in [2.45, 2.75) is 0 Å². The average molecular weight is 304 g/mol. The molecule has 0 aliphatic rings. The number of nitrogens with two attached hydrogens (primary N) is 1. The third kappa shape index (κ3) is 2.72.